The molecule has 0 amide bonds. The lowest BCUT2D eigenvalue weighted by molar-refractivity contribution is 1.53. The minimum atomic E-state index is 0.811. The van der Waals surface area contributed by atoms with E-state index in [0.717, 1.165) is 10.3 Å². The maximum atomic E-state index is 9.97. The van der Waals surface area contributed by atoms with Gasteiger partial charge in [-0.3, -0.25) is 0 Å². The van der Waals surface area contributed by atoms with Gasteiger partial charge < -0.3 is 0 Å². The molecule has 0 aliphatic carbocycles. The normalized spacial score (nSPS) is 12.4. The molecule has 2 aromatic heterocycles. The van der Waals surface area contributed by atoms with Crippen molar-refractivity contribution in [1.82, 2.24) is 0 Å². The van der Waals surface area contributed by atoms with Crippen LogP contribution in [0.5, 0.6) is 0 Å². The number of hydrogen-bond donors (Lipinski definition) is 0. The topological polar surface area (TPSA) is 23.8 Å². The lowest BCUT2D eigenvalue weighted by atomic mass is 9.89. The smallest absolute Gasteiger partial charge is 0.113 e. The number of benzene rings is 7. The summed E-state index contributed by atoms with van der Waals surface area (Å²) in [5.41, 5.74) is 1.29. The summed E-state index contributed by atoms with van der Waals surface area (Å²) in [5.74, 6) is 0. The van der Waals surface area contributed by atoms with Crippen LogP contribution in [0.4, 0.5) is 0 Å². The van der Waals surface area contributed by atoms with Crippen LogP contribution in [0.15, 0.2) is 91.0 Å². The second-order valence-electron chi connectivity index (χ2n) is 9.55. The van der Waals surface area contributed by atoms with Crippen molar-refractivity contribution in [2.45, 2.75) is 0 Å². The van der Waals surface area contributed by atoms with Crippen molar-refractivity contribution in [3.63, 3.8) is 0 Å². The fraction of sp³-hybridized carbons (Fsp3) is 0. The van der Waals surface area contributed by atoms with E-state index in [1.165, 1.54) is 79.1 Å². The largest absolute Gasteiger partial charge is 0.192 e. The van der Waals surface area contributed by atoms with Crippen LogP contribution in [-0.4, -0.2) is 0 Å². The zero-order chi connectivity index (χ0) is 23.5. The number of hydrogen-bond acceptors (Lipinski definition) is 3. The number of fused-ring (bicyclic) bond motifs is 2. The third kappa shape index (κ3) is 2.16. The molecule has 0 spiro atoms. The van der Waals surface area contributed by atoms with Gasteiger partial charge in [0.15, 0.2) is 0 Å². The summed E-state index contributed by atoms with van der Waals surface area (Å²) in [6.07, 6.45) is 0. The number of nitriles is 1. The van der Waals surface area contributed by atoms with Crippen LogP contribution in [0.25, 0.3) is 84.5 Å². The van der Waals surface area contributed by atoms with Crippen LogP contribution < -0.4 is 0 Å². The molecule has 3 heteroatoms. The molecule has 2 heterocycles. The average Bonchev–Trinajstić information content (AvgIpc) is 3.50. The van der Waals surface area contributed by atoms with E-state index < -0.39 is 0 Å². The molecule has 9 aromatic rings. The molecule has 9 rings (SSSR count). The molecular formula is C33H15NS2. The summed E-state index contributed by atoms with van der Waals surface area (Å²) in [6.45, 7) is 0. The molecule has 0 atom stereocenters. The Balaban J connectivity index is 1.53. The third-order valence-corrected chi connectivity index (χ3v) is 10.1. The highest BCUT2D eigenvalue weighted by atomic mass is 32.1. The van der Waals surface area contributed by atoms with E-state index in [1.807, 2.05) is 11.3 Å². The molecule has 0 radical (unpaired) electrons. The van der Waals surface area contributed by atoms with Gasteiger partial charge in [-0.1, -0.05) is 78.9 Å². The summed E-state index contributed by atoms with van der Waals surface area (Å²) in [6, 6.07) is 35.9. The van der Waals surface area contributed by atoms with Crippen LogP contribution in [-0.2, 0) is 0 Å². The van der Waals surface area contributed by atoms with Gasteiger partial charge in [0.25, 0.3) is 0 Å². The standard InChI is InChI=1S/C33H15NS2/c34-16-26-31-22-6-2-9-25-30(22)32(23-7-3-8-24(35-26)29(23)31)33(36-25)21-15-13-19-11-10-17-4-1-5-18-12-14-20(21)28(19)27(17)18/h1-15H. The Bertz CT molecular complexity index is 2360. The molecule has 0 aliphatic heterocycles. The summed E-state index contributed by atoms with van der Waals surface area (Å²) in [5, 5.41) is 25.3. The molecule has 36 heavy (non-hydrogen) atoms. The molecule has 1 nitrogen and oxygen atoms in total. The quantitative estimate of drug-likeness (QED) is 0.166. The first-order valence-electron chi connectivity index (χ1n) is 12.0. The summed E-state index contributed by atoms with van der Waals surface area (Å²) in [7, 11) is 0. The molecule has 0 aliphatic rings. The van der Waals surface area contributed by atoms with Gasteiger partial charge >= 0.3 is 0 Å². The van der Waals surface area contributed by atoms with Crippen molar-refractivity contribution in [1.29, 1.82) is 5.26 Å². The maximum absolute atomic E-state index is 9.97. The van der Waals surface area contributed by atoms with Gasteiger partial charge in [0.1, 0.15) is 10.9 Å². The Morgan fingerprint density at radius 2 is 1.08 bits per heavy atom. The van der Waals surface area contributed by atoms with Crippen LogP contribution in [0, 0.1) is 11.3 Å². The maximum Gasteiger partial charge on any atom is 0.113 e. The first-order chi connectivity index (χ1) is 17.8. The van der Waals surface area contributed by atoms with E-state index in [1.54, 1.807) is 11.3 Å². The van der Waals surface area contributed by atoms with Crippen molar-refractivity contribution < 1.29 is 0 Å². The Morgan fingerprint density at radius 3 is 1.86 bits per heavy atom. The van der Waals surface area contributed by atoms with Crippen LogP contribution >= 0.6 is 22.7 Å². The highest BCUT2D eigenvalue weighted by Gasteiger charge is 2.23. The fourth-order valence-corrected chi connectivity index (χ4v) is 8.75. The first kappa shape index (κ1) is 19.0. The second-order valence-corrected chi connectivity index (χ2v) is 11.7. The van der Waals surface area contributed by atoms with E-state index >= 15 is 0 Å². The highest BCUT2D eigenvalue weighted by molar-refractivity contribution is 7.24. The van der Waals surface area contributed by atoms with Gasteiger partial charge in [-0.15, -0.1) is 22.7 Å². The molecule has 0 bridgehead atoms. The van der Waals surface area contributed by atoms with Gasteiger partial charge in [0, 0.05) is 41.4 Å². The lowest BCUT2D eigenvalue weighted by Gasteiger charge is -2.14. The number of nitrogens with zero attached hydrogens (tertiary/aromatic N) is 1. The highest BCUT2D eigenvalue weighted by Crippen LogP contribution is 2.52. The van der Waals surface area contributed by atoms with Crippen LogP contribution in [0.3, 0.4) is 0 Å². The van der Waals surface area contributed by atoms with E-state index in [9.17, 15) is 5.26 Å². The van der Waals surface area contributed by atoms with E-state index in [2.05, 4.69) is 97.1 Å². The Labute approximate surface area is 213 Å². The van der Waals surface area contributed by atoms with Crippen molar-refractivity contribution in [2.24, 2.45) is 0 Å². The molecule has 7 aromatic carbocycles. The Hall–Kier alpha value is -4.23. The van der Waals surface area contributed by atoms with Gasteiger partial charge in [-0.05, 0) is 55.2 Å². The van der Waals surface area contributed by atoms with Crippen LogP contribution in [0.1, 0.15) is 4.88 Å². The van der Waals surface area contributed by atoms with Crippen molar-refractivity contribution in [2.75, 3.05) is 0 Å². The van der Waals surface area contributed by atoms with Crippen molar-refractivity contribution in [3.8, 4) is 16.5 Å². The lowest BCUT2D eigenvalue weighted by Crippen LogP contribution is -1.87. The molecule has 164 valence electrons. The van der Waals surface area contributed by atoms with Gasteiger partial charge in [0.2, 0.25) is 0 Å². The summed E-state index contributed by atoms with van der Waals surface area (Å²) >= 11 is 3.49. The van der Waals surface area contributed by atoms with Crippen LogP contribution in [0.2, 0.25) is 0 Å². The monoisotopic (exact) mass is 489 g/mol. The zero-order valence-corrected chi connectivity index (χ0v) is 20.6. The summed E-state index contributed by atoms with van der Waals surface area (Å²) < 4.78 is 2.47. The molecule has 0 saturated heterocycles. The summed E-state index contributed by atoms with van der Waals surface area (Å²) in [4.78, 5) is 2.13. The zero-order valence-electron chi connectivity index (χ0n) is 18.9. The predicted molar refractivity (Wildman–Crippen MR) is 157 cm³/mol. The third-order valence-electron chi connectivity index (χ3n) is 7.84. The minimum Gasteiger partial charge on any atom is -0.192 e. The van der Waals surface area contributed by atoms with Gasteiger partial charge in [-0.25, -0.2) is 0 Å². The van der Waals surface area contributed by atoms with E-state index in [-0.39, 0.29) is 0 Å². The van der Waals surface area contributed by atoms with Crippen molar-refractivity contribution >= 4 is 96.7 Å². The number of rotatable bonds is 1. The molecular weight excluding hydrogens is 475 g/mol. The SMILES string of the molecule is N#Cc1sc2cccc3c4c(-c5ccc6ccc7cccc8ccc5c6c78)sc5cccc(c1c23)c54. The molecule has 0 fully saturated rings. The van der Waals surface area contributed by atoms with Gasteiger partial charge in [-0.2, -0.15) is 5.26 Å². The first-order valence-corrected chi connectivity index (χ1v) is 13.6. The minimum absolute atomic E-state index is 0.811. The number of thiophene rings is 2. The Kier molecular flexibility index (Phi) is 3.43. The fourth-order valence-electron chi connectivity index (χ4n) is 6.43. The average molecular weight is 490 g/mol. The van der Waals surface area contributed by atoms with Crippen molar-refractivity contribution in [3.05, 3.63) is 95.9 Å². The molecule has 0 unspecified atom stereocenters. The predicted octanol–water partition coefficient (Wildman–Crippen LogP) is 10.3. The van der Waals surface area contributed by atoms with Gasteiger partial charge in [0.05, 0.1) is 0 Å². The second kappa shape index (κ2) is 6.50. The molecule has 0 N–H and O–H groups in total. The van der Waals surface area contributed by atoms with E-state index in [4.69, 9.17) is 0 Å². The molecule has 0 saturated carbocycles. The Morgan fingerprint density at radius 1 is 0.472 bits per heavy atom. The van der Waals surface area contributed by atoms with E-state index in [0.29, 0.717) is 0 Å².